The van der Waals surface area contributed by atoms with E-state index in [1.807, 2.05) is 6.07 Å². The van der Waals surface area contributed by atoms with Gasteiger partial charge in [-0.3, -0.25) is 0 Å². The molecule has 2 aromatic rings. The average Bonchev–Trinajstić information content (AvgIpc) is 3.16. The fraction of sp³-hybridized carbons (Fsp3) is 0.467. The number of hydrogen-bond donors (Lipinski definition) is 1. The van der Waals surface area contributed by atoms with Crippen LogP contribution >= 0.6 is 0 Å². The number of nitrogens with zero attached hydrogens (tertiary/aromatic N) is 2. The van der Waals surface area contributed by atoms with Gasteiger partial charge >= 0.3 is 5.97 Å². The molecule has 1 heterocycles. The van der Waals surface area contributed by atoms with Gasteiger partial charge in [-0.2, -0.15) is 0 Å². The van der Waals surface area contributed by atoms with E-state index < -0.39 is 5.97 Å². The number of aryl methyl sites for hydroxylation is 2. The fourth-order valence-electron chi connectivity index (χ4n) is 2.55. The molecule has 1 saturated carbocycles. The van der Waals surface area contributed by atoms with E-state index in [2.05, 4.69) is 16.5 Å². The van der Waals surface area contributed by atoms with Crippen LogP contribution in [0.4, 0.5) is 0 Å². The summed E-state index contributed by atoms with van der Waals surface area (Å²) in [7, 11) is 0. The molecule has 1 aromatic heterocycles. The molecule has 1 fully saturated rings. The number of hydrogen-bond acceptors (Lipinski definition) is 2. The normalized spacial score (nSPS) is 15.0. The van der Waals surface area contributed by atoms with Crippen LogP contribution < -0.4 is 0 Å². The zero-order chi connectivity index (χ0) is 13.4. The second kappa shape index (κ2) is 4.68. The number of rotatable bonds is 5. The van der Waals surface area contributed by atoms with Gasteiger partial charge in [0.2, 0.25) is 0 Å². The SMILES string of the molecule is CCc1nc2cc(C(=O)O)ccc2n1CCC1CC1. The predicted molar refractivity (Wildman–Crippen MR) is 73.4 cm³/mol. The Morgan fingerprint density at radius 1 is 1.47 bits per heavy atom. The van der Waals surface area contributed by atoms with Crippen molar-refractivity contribution in [2.75, 3.05) is 0 Å². The minimum atomic E-state index is -0.896. The monoisotopic (exact) mass is 258 g/mol. The van der Waals surface area contributed by atoms with Gasteiger partial charge < -0.3 is 9.67 Å². The third kappa shape index (κ3) is 2.35. The van der Waals surface area contributed by atoms with Gasteiger partial charge in [0.05, 0.1) is 16.6 Å². The fourth-order valence-corrected chi connectivity index (χ4v) is 2.55. The number of carboxylic acid groups (broad SMARTS) is 1. The highest BCUT2D eigenvalue weighted by Crippen LogP contribution is 2.33. The van der Waals surface area contributed by atoms with E-state index in [1.54, 1.807) is 12.1 Å². The molecule has 4 nitrogen and oxygen atoms in total. The van der Waals surface area contributed by atoms with Gasteiger partial charge in [-0.15, -0.1) is 0 Å². The number of imidazole rings is 1. The van der Waals surface area contributed by atoms with E-state index in [4.69, 9.17) is 5.11 Å². The molecule has 0 unspecified atom stereocenters. The van der Waals surface area contributed by atoms with E-state index in [1.165, 1.54) is 19.3 Å². The number of benzene rings is 1. The Hall–Kier alpha value is -1.84. The maximum atomic E-state index is 11.0. The van der Waals surface area contributed by atoms with Crippen molar-refractivity contribution in [3.05, 3.63) is 29.6 Å². The van der Waals surface area contributed by atoms with E-state index >= 15 is 0 Å². The van der Waals surface area contributed by atoms with Crippen LogP contribution in [0.25, 0.3) is 11.0 Å². The molecule has 4 heteroatoms. The maximum Gasteiger partial charge on any atom is 0.335 e. The van der Waals surface area contributed by atoms with Crippen molar-refractivity contribution in [3.63, 3.8) is 0 Å². The first kappa shape index (κ1) is 12.2. The molecule has 0 aliphatic heterocycles. The molecule has 0 radical (unpaired) electrons. The highest BCUT2D eigenvalue weighted by atomic mass is 16.4. The molecule has 1 aliphatic carbocycles. The lowest BCUT2D eigenvalue weighted by Gasteiger charge is -2.07. The molecule has 100 valence electrons. The van der Waals surface area contributed by atoms with Crippen molar-refractivity contribution < 1.29 is 9.90 Å². The van der Waals surface area contributed by atoms with Gasteiger partial charge in [-0.25, -0.2) is 9.78 Å². The van der Waals surface area contributed by atoms with Crippen LogP contribution in [0.5, 0.6) is 0 Å². The molecule has 0 atom stereocenters. The van der Waals surface area contributed by atoms with Crippen LogP contribution in [0.2, 0.25) is 0 Å². The minimum Gasteiger partial charge on any atom is -0.478 e. The average molecular weight is 258 g/mol. The third-order valence-corrected chi connectivity index (χ3v) is 3.85. The largest absolute Gasteiger partial charge is 0.478 e. The first-order chi connectivity index (χ1) is 9.19. The summed E-state index contributed by atoms with van der Waals surface area (Å²) < 4.78 is 2.25. The molecule has 1 N–H and O–H groups in total. The summed E-state index contributed by atoms with van der Waals surface area (Å²) >= 11 is 0. The summed E-state index contributed by atoms with van der Waals surface area (Å²) in [6.45, 7) is 3.09. The van der Waals surface area contributed by atoms with Gasteiger partial charge in [-0.1, -0.05) is 19.8 Å². The smallest absolute Gasteiger partial charge is 0.335 e. The van der Waals surface area contributed by atoms with Crippen molar-refractivity contribution in [1.29, 1.82) is 0 Å². The van der Waals surface area contributed by atoms with Crippen LogP contribution in [-0.2, 0) is 13.0 Å². The summed E-state index contributed by atoms with van der Waals surface area (Å²) in [4.78, 5) is 15.6. The molecule has 1 aliphatic rings. The maximum absolute atomic E-state index is 11.0. The van der Waals surface area contributed by atoms with Gasteiger partial charge in [0.25, 0.3) is 0 Å². The predicted octanol–water partition coefficient (Wildman–Crippen LogP) is 3.10. The third-order valence-electron chi connectivity index (χ3n) is 3.85. The highest BCUT2D eigenvalue weighted by Gasteiger charge is 2.21. The van der Waals surface area contributed by atoms with Gasteiger partial charge in [0, 0.05) is 13.0 Å². The molecule has 3 rings (SSSR count). The standard InChI is InChI=1S/C15H18N2O2/c1-2-14-16-12-9-11(15(18)19)5-6-13(12)17(14)8-7-10-3-4-10/h5-6,9-10H,2-4,7-8H2,1H3,(H,18,19). The van der Waals surface area contributed by atoms with Crippen molar-refractivity contribution in [1.82, 2.24) is 9.55 Å². The Morgan fingerprint density at radius 3 is 2.89 bits per heavy atom. The van der Waals surface area contributed by atoms with Crippen LogP contribution in [0.3, 0.4) is 0 Å². The Kier molecular flexibility index (Phi) is 3.01. The van der Waals surface area contributed by atoms with E-state index in [9.17, 15) is 4.79 Å². The molecule has 1 aromatic carbocycles. The van der Waals surface area contributed by atoms with Gasteiger partial charge in [-0.05, 0) is 30.5 Å². The zero-order valence-corrected chi connectivity index (χ0v) is 11.1. The molecular weight excluding hydrogens is 240 g/mol. The van der Waals surface area contributed by atoms with Crippen molar-refractivity contribution in [2.45, 2.75) is 39.2 Å². The van der Waals surface area contributed by atoms with Crippen LogP contribution in [0.15, 0.2) is 18.2 Å². The second-order valence-corrected chi connectivity index (χ2v) is 5.27. The Balaban J connectivity index is 2.00. The summed E-state index contributed by atoms with van der Waals surface area (Å²) in [6, 6.07) is 5.22. The van der Waals surface area contributed by atoms with E-state index in [0.29, 0.717) is 5.56 Å². The number of carboxylic acids is 1. The van der Waals surface area contributed by atoms with Crippen LogP contribution in [-0.4, -0.2) is 20.6 Å². The van der Waals surface area contributed by atoms with E-state index in [0.717, 1.165) is 35.7 Å². The Labute approximate surface area is 112 Å². The molecule has 0 bridgehead atoms. The van der Waals surface area contributed by atoms with E-state index in [-0.39, 0.29) is 0 Å². The number of aromatic carboxylic acids is 1. The van der Waals surface area contributed by atoms with Crippen LogP contribution in [0.1, 0.15) is 42.4 Å². The first-order valence-corrected chi connectivity index (χ1v) is 6.91. The lowest BCUT2D eigenvalue weighted by atomic mass is 10.2. The second-order valence-electron chi connectivity index (χ2n) is 5.27. The van der Waals surface area contributed by atoms with Crippen molar-refractivity contribution >= 4 is 17.0 Å². The highest BCUT2D eigenvalue weighted by molar-refractivity contribution is 5.92. The van der Waals surface area contributed by atoms with Crippen molar-refractivity contribution in [3.8, 4) is 0 Å². The summed E-state index contributed by atoms with van der Waals surface area (Å²) in [5.41, 5.74) is 2.16. The number of fused-ring (bicyclic) bond motifs is 1. The zero-order valence-electron chi connectivity index (χ0n) is 11.1. The first-order valence-electron chi connectivity index (χ1n) is 6.91. The quantitative estimate of drug-likeness (QED) is 0.896. The topological polar surface area (TPSA) is 55.1 Å². The number of aromatic nitrogens is 2. The molecule has 0 amide bonds. The summed E-state index contributed by atoms with van der Waals surface area (Å²) in [6.07, 6.45) is 4.80. The Morgan fingerprint density at radius 2 is 2.26 bits per heavy atom. The lowest BCUT2D eigenvalue weighted by Crippen LogP contribution is -2.03. The molecular formula is C15H18N2O2. The molecule has 0 spiro atoms. The van der Waals surface area contributed by atoms with Crippen LogP contribution in [0, 0.1) is 5.92 Å². The number of carbonyl (C=O) groups is 1. The van der Waals surface area contributed by atoms with Gasteiger partial charge in [0.1, 0.15) is 5.82 Å². The Bertz CT molecular complexity index is 626. The summed E-state index contributed by atoms with van der Waals surface area (Å²) in [5, 5.41) is 9.03. The molecule has 19 heavy (non-hydrogen) atoms. The minimum absolute atomic E-state index is 0.307. The summed E-state index contributed by atoms with van der Waals surface area (Å²) in [5.74, 6) is 1.05. The van der Waals surface area contributed by atoms with Crippen molar-refractivity contribution in [2.24, 2.45) is 5.92 Å². The lowest BCUT2D eigenvalue weighted by molar-refractivity contribution is 0.0697. The van der Waals surface area contributed by atoms with Gasteiger partial charge in [0.15, 0.2) is 0 Å². The molecule has 0 saturated heterocycles.